The van der Waals surface area contributed by atoms with E-state index in [1.165, 1.54) is 24.1 Å². The molecule has 1 N–H and O–H groups in total. The van der Waals surface area contributed by atoms with Gasteiger partial charge < -0.3 is 15.0 Å². The summed E-state index contributed by atoms with van der Waals surface area (Å²) < 4.78 is 35.0. The van der Waals surface area contributed by atoms with Crippen LogP contribution in [0.5, 0.6) is 5.75 Å². The number of aryl methyl sites for hydroxylation is 2. The van der Waals surface area contributed by atoms with Crippen LogP contribution in [-0.4, -0.2) is 51.4 Å². The minimum absolute atomic E-state index is 0.00323. The fraction of sp³-hybridized carbons (Fsp3) is 0.355. The summed E-state index contributed by atoms with van der Waals surface area (Å²) in [5.74, 6) is -0.268. The summed E-state index contributed by atoms with van der Waals surface area (Å²) >= 11 is 3.37. The van der Waals surface area contributed by atoms with Crippen LogP contribution >= 0.6 is 15.9 Å². The predicted octanol–water partition coefficient (Wildman–Crippen LogP) is 5.60. The predicted molar refractivity (Wildman–Crippen MR) is 166 cm³/mol. The van der Waals surface area contributed by atoms with Gasteiger partial charge in [0, 0.05) is 13.1 Å². The Labute approximate surface area is 251 Å². The molecule has 0 unspecified atom stereocenters. The number of anilines is 1. The molecule has 2 amide bonds. The lowest BCUT2D eigenvalue weighted by atomic mass is 10.1. The Morgan fingerprint density at radius 3 is 2.27 bits per heavy atom. The molecule has 0 spiro atoms. The van der Waals surface area contributed by atoms with Gasteiger partial charge in [0.05, 0.1) is 22.2 Å². The van der Waals surface area contributed by atoms with E-state index in [1.807, 2.05) is 52.0 Å². The third-order valence-electron chi connectivity index (χ3n) is 6.68. The maximum Gasteiger partial charge on any atom is 0.264 e. The zero-order valence-corrected chi connectivity index (χ0v) is 26.6. The average molecular weight is 645 g/mol. The number of nitrogens with zero attached hydrogens (tertiary/aromatic N) is 2. The molecule has 0 radical (unpaired) electrons. The van der Waals surface area contributed by atoms with Gasteiger partial charge in [-0.1, -0.05) is 61.4 Å². The number of halogens is 1. The molecule has 0 aliphatic carbocycles. The number of carbonyl (C=O) groups excluding carboxylic acids is 2. The van der Waals surface area contributed by atoms with E-state index in [2.05, 4.69) is 21.2 Å². The summed E-state index contributed by atoms with van der Waals surface area (Å²) in [6, 6.07) is 18.3. The van der Waals surface area contributed by atoms with Crippen LogP contribution in [0, 0.1) is 13.8 Å². The molecule has 0 saturated carbocycles. The van der Waals surface area contributed by atoms with Crippen LogP contribution in [-0.2, 0) is 26.2 Å². The first-order valence-corrected chi connectivity index (χ1v) is 15.8. The number of hydrogen-bond donors (Lipinski definition) is 1. The number of amides is 2. The lowest BCUT2D eigenvalue weighted by molar-refractivity contribution is -0.140. The van der Waals surface area contributed by atoms with Crippen molar-refractivity contribution in [3.05, 3.63) is 87.9 Å². The zero-order valence-electron chi connectivity index (χ0n) is 24.2. The van der Waals surface area contributed by atoms with Crippen LogP contribution in [0.2, 0.25) is 0 Å². The van der Waals surface area contributed by atoms with Gasteiger partial charge in [-0.3, -0.25) is 13.9 Å². The smallest absolute Gasteiger partial charge is 0.264 e. The molecule has 1 atom stereocenters. The van der Waals surface area contributed by atoms with E-state index in [-0.39, 0.29) is 17.3 Å². The first kappa shape index (κ1) is 32.1. The number of carbonyl (C=O) groups is 2. The van der Waals surface area contributed by atoms with Crippen molar-refractivity contribution in [1.82, 2.24) is 10.2 Å². The molecule has 41 heavy (non-hydrogen) atoms. The van der Waals surface area contributed by atoms with Crippen molar-refractivity contribution in [1.29, 1.82) is 0 Å². The Morgan fingerprint density at radius 1 is 0.976 bits per heavy atom. The maximum atomic E-state index is 14.1. The minimum atomic E-state index is -4.19. The Morgan fingerprint density at radius 2 is 1.68 bits per heavy atom. The van der Waals surface area contributed by atoms with Gasteiger partial charge in [0.1, 0.15) is 18.3 Å². The molecule has 3 aromatic rings. The Balaban J connectivity index is 2.07. The van der Waals surface area contributed by atoms with Crippen molar-refractivity contribution >= 4 is 43.5 Å². The Bertz CT molecular complexity index is 1460. The molecule has 0 aliphatic rings. The number of methoxy groups -OCH3 is 1. The van der Waals surface area contributed by atoms with Crippen molar-refractivity contribution in [3.8, 4) is 5.75 Å². The van der Waals surface area contributed by atoms with Gasteiger partial charge >= 0.3 is 0 Å². The van der Waals surface area contributed by atoms with Crippen LogP contribution in [0.25, 0.3) is 0 Å². The van der Waals surface area contributed by atoms with Crippen LogP contribution in [0.1, 0.15) is 43.4 Å². The van der Waals surface area contributed by atoms with Gasteiger partial charge in [0.15, 0.2) is 0 Å². The van der Waals surface area contributed by atoms with Crippen molar-refractivity contribution in [2.45, 2.75) is 58.0 Å². The maximum absolute atomic E-state index is 14.1. The topological polar surface area (TPSA) is 96.0 Å². The number of ether oxygens (including phenoxy) is 1. The molecule has 0 saturated heterocycles. The van der Waals surface area contributed by atoms with E-state index in [4.69, 9.17) is 4.74 Å². The SMILES string of the molecule is CCCNC(=O)[C@@H](CC)N(Cc1cccc(C)c1)C(=O)CN(c1ccc(C)cc1)S(=O)(=O)c1ccc(OC)c(Br)c1. The number of sulfonamides is 1. The third-order valence-corrected chi connectivity index (χ3v) is 9.07. The van der Waals surface area contributed by atoms with Crippen LogP contribution < -0.4 is 14.4 Å². The molecular weight excluding hydrogens is 606 g/mol. The first-order chi connectivity index (χ1) is 19.5. The van der Waals surface area contributed by atoms with Gasteiger partial charge in [-0.05, 0) is 78.5 Å². The molecule has 220 valence electrons. The van der Waals surface area contributed by atoms with Crippen molar-refractivity contribution < 1.29 is 22.7 Å². The molecular formula is C31H38BrN3O5S. The van der Waals surface area contributed by atoms with Gasteiger partial charge in [0.25, 0.3) is 10.0 Å². The molecule has 8 nitrogen and oxygen atoms in total. The summed E-state index contributed by atoms with van der Waals surface area (Å²) in [6.45, 7) is 7.82. The van der Waals surface area contributed by atoms with Gasteiger partial charge in [-0.15, -0.1) is 0 Å². The number of benzene rings is 3. The number of hydrogen-bond acceptors (Lipinski definition) is 5. The van der Waals surface area contributed by atoms with E-state index in [0.717, 1.165) is 27.4 Å². The van der Waals surface area contributed by atoms with E-state index < -0.39 is 28.5 Å². The van der Waals surface area contributed by atoms with E-state index in [1.54, 1.807) is 30.3 Å². The third kappa shape index (κ3) is 8.10. The largest absolute Gasteiger partial charge is 0.496 e. The van der Waals surface area contributed by atoms with Crippen LogP contribution in [0.15, 0.2) is 76.1 Å². The fourth-order valence-electron chi connectivity index (χ4n) is 4.47. The average Bonchev–Trinajstić information content (AvgIpc) is 2.95. The molecule has 0 heterocycles. The lowest BCUT2D eigenvalue weighted by Gasteiger charge is -2.33. The van der Waals surface area contributed by atoms with Gasteiger partial charge in [-0.25, -0.2) is 8.42 Å². The summed E-state index contributed by atoms with van der Waals surface area (Å²) in [6.07, 6.45) is 1.13. The molecule has 0 aromatic heterocycles. The lowest BCUT2D eigenvalue weighted by Crippen LogP contribution is -2.52. The Hall–Kier alpha value is -3.37. The quantitative estimate of drug-likeness (QED) is 0.261. The van der Waals surface area contributed by atoms with E-state index in [9.17, 15) is 18.0 Å². The molecule has 10 heteroatoms. The van der Waals surface area contributed by atoms with Crippen molar-refractivity contribution in [2.24, 2.45) is 0 Å². The highest BCUT2D eigenvalue weighted by Gasteiger charge is 2.34. The first-order valence-electron chi connectivity index (χ1n) is 13.6. The van der Waals surface area contributed by atoms with Crippen LogP contribution in [0.4, 0.5) is 5.69 Å². The normalized spacial score (nSPS) is 12.0. The van der Waals surface area contributed by atoms with Crippen molar-refractivity contribution in [3.63, 3.8) is 0 Å². The molecule has 0 bridgehead atoms. The van der Waals surface area contributed by atoms with Gasteiger partial charge in [0.2, 0.25) is 11.8 Å². The highest BCUT2D eigenvalue weighted by atomic mass is 79.9. The van der Waals surface area contributed by atoms with Crippen molar-refractivity contribution in [2.75, 3.05) is 24.5 Å². The minimum Gasteiger partial charge on any atom is -0.496 e. The van der Waals surface area contributed by atoms with E-state index in [0.29, 0.717) is 28.9 Å². The summed E-state index contributed by atoms with van der Waals surface area (Å²) in [5.41, 5.74) is 3.16. The summed E-state index contributed by atoms with van der Waals surface area (Å²) in [4.78, 5) is 28.8. The number of nitrogens with one attached hydrogen (secondary N) is 1. The number of rotatable bonds is 13. The zero-order chi connectivity index (χ0) is 30.2. The second kappa shape index (κ2) is 14.5. The molecule has 3 rings (SSSR count). The standard InChI is InChI=1S/C31H38BrN3O5S/c1-6-17-33-31(37)28(7-2)34(20-24-10-8-9-23(4)18-24)30(36)21-35(25-13-11-22(3)12-14-25)41(38,39)26-15-16-29(40-5)27(32)19-26/h8-16,18-19,28H,6-7,17,20-21H2,1-5H3,(H,33,37)/t28-/m1/s1. The highest BCUT2D eigenvalue weighted by molar-refractivity contribution is 9.10. The van der Waals surface area contributed by atoms with Gasteiger partial charge in [-0.2, -0.15) is 0 Å². The monoisotopic (exact) mass is 643 g/mol. The van der Waals surface area contributed by atoms with Crippen LogP contribution in [0.3, 0.4) is 0 Å². The summed E-state index contributed by atoms with van der Waals surface area (Å²) in [7, 11) is -2.69. The Kier molecular flexibility index (Phi) is 11.4. The molecule has 0 aliphatic heterocycles. The molecule has 0 fully saturated rings. The second-order valence-corrected chi connectivity index (χ2v) is 12.6. The highest BCUT2D eigenvalue weighted by Crippen LogP contribution is 2.31. The fourth-order valence-corrected chi connectivity index (χ4v) is 6.60. The van der Waals surface area contributed by atoms with E-state index >= 15 is 0 Å². The summed E-state index contributed by atoms with van der Waals surface area (Å²) in [5, 5.41) is 2.90. The second-order valence-electron chi connectivity index (χ2n) is 9.87. The molecule has 3 aromatic carbocycles.